The second-order valence-electron chi connectivity index (χ2n) is 5.27. The lowest BCUT2D eigenvalue weighted by atomic mass is 10.2. The molecule has 0 saturated heterocycles. The van der Waals surface area contributed by atoms with Gasteiger partial charge in [0.25, 0.3) is 5.69 Å². The van der Waals surface area contributed by atoms with Crippen LogP contribution in [0.15, 0.2) is 51.7 Å². The zero-order chi connectivity index (χ0) is 18.0. The van der Waals surface area contributed by atoms with E-state index in [1.54, 1.807) is 0 Å². The summed E-state index contributed by atoms with van der Waals surface area (Å²) in [6.45, 7) is -0.196. The van der Waals surface area contributed by atoms with Gasteiger partial charge in [0.15, 0.2) is 5.58 Å². The molecular weight excluding hydrogens is 333 g/mol. The van der Waals surface area contributed by atoms with Crippen LogP contribution in [0, 0.1) is 15.9 Å². The molecule has 0 radical (unpaired) electrons. The third-order valence-electron chi connectivity index (χ3n) is 3.57. The molecule has 2 aromatic carbocycles. The third kappa shape index (κ3) is 3.55. The van der Waals surface area contributed by atoms with Gasteiger partial charge in [0.05, 0.1) is 10.4 Å². The lowest BCUT2D eigenvalue weighted by Crippen LogP contribution is -2.30. The molecular formula is C16H12FN3O5. The van der Waals surface area contributed by atoms with Crippen LogP contribution in [-0.2, 0) is 17.9 Å². The van der Waals surface area contributed by atoms with Crippen molar-refractivity contribution in [3.63, 3.8) is 0 Å². The Labute approximate surface area is 139 Å². The van der Waals surface area contributed by atoms with Crippen molar-refractivity contribution in [1.29, 1.82) is 0 Å². The molecule has 0 unspecified atom stereocenters. The first kappa shape index (κ1) is 16.4. The Balaban J connectivity index is 1.77. The van der Waals surface area contributed by atoms with Gasteiger partial charge in [-0.2, -0.15) is 0 Å². The minimum atomic E-state index is -0.785. The molecule has 0 fully saturated rings. The molecule has 128 valence electrons. The van der Waals surface area contributed by atoms with Gasteiger partial charge in [-0.25, -0.2) is 9.18 Å². The Morgan fingerprint density at radius 2 is 1.96 bits per heavy atom. The topological polar surface area (TPSA) is 107 Å². The van der Waals surface area contributed by atoms with E-state index < -0.39 is 16.6 Å². The maximum Gasteiger partial charge on any atom is 0.420 e. The molecule has 1 N–H and O–H groups in total. The fraction of sp³-hybridized carbons (Fsp3) is 0.125. The summed E-state index contributed by atoms with van der Waals surface area (Å²) in [5.41, 5.74) is 0.793. The number of hydrogen-bond acceptors (Lipinski definition) is 5. The van der Waals surface area contributed by atoms with Gasteiger partial charge in [0.2, 0.25) is 5.91 Å². The van der Waals surface area contributed by atoms with Crippen LogP contribution in [0.3, 0.4) is 0 Å². The number of nitrogens with one attached hydrogen (secondary N) is 1. The summed E-state index contributed by atoms with van der Waals surface area (Å²) in [7, 11) is 0. The number of benzene rings is 2. The largest absolute Gasteiger partial charge is 0.420 e. The van der Waals surface area contributed by atoms with E-state index >= 15 is 0 Å². The molecule has 1 heterocycles. The zero-order valence-electron chi connectivity index (χ0n) is 12.8. The molecule has 0 aliphatic carbocycles. The smallest absolute Gasteiger partial charge is 0.408 e. The number of nitro groups is 1. The maximum atomic E-state index is 12.8. The number of non-ortho nitro benzene ring substituents is 1. The van der Waals surface area contributed by atoms with Crippen LogP contribution in [0.1, 0.15) is 5.56 Å². The minimum absolute atomic E-state index is 0.155. The summed E-state index contributed by atoms with van der Waals surface area (Å²) in [5, 5.41) is 13.4. The summed E-state index contributed by atoms with van der Waals surface area (Å²) in [5.74, 6) is -1.65. The highest BCUT2D eigenvalue weighted by molar-refractivity contribution is 5.80. The number of rotatable bonds is 5. The lowest BCUT2D eigenvalue weighted by molar-refractivity contribution is -0.384. The molecule has 0 bridgehead atoms. The summed E-state index contributed by atoms with van der Waals surface area (Å²) in [4.78, 5) is 34.2. The quantitative estimate of drug-likeness (QED) is 0.562. The Morgan fingerprint density at radius 3 is 2.64 bits per heavy atom. The third-order valence-corrected chi connectivity index (χ3v) is 3.57. The van der Waals surface area contributed by atoms with E-state index in [0.29, 0.717) is 5.56 Å². The number of amides is 1. The van der Waals surface area contributed by atoms with Crippen LogP contribution < -0.4 is 11.1 Å². The van der Waals surface area contributed by atoms with Gasteiger partial charge in [-0.1, -0.05) is 12.1 Å². The number of halogens is 1. The molecule has 0 saturated carbocycles. The molecule has 0 aliphatic heterocycles. The van der Waals surface area contributed by atoms with Gasteiger partial charge in [-0.15, -0.1) is 0 Å². The van der Waals surface area contributed by atoms with Crippen LogP contribution in [0.4, 0.5) is 10.1 Å². The molecule has 8 nitrogen and oxygen atoms in total. The SMILES string of the molecule is O=C(Cn1c(=O)oc2ccc([N+](=O)[O-])cc21)NCc1ccc(F)cc1. The van der Waals surface area contributed by atoms with Crippen LogP contribution in [0.2, 0.25) is 0 Å². The number of carbonyl (C=O) groups excluding carboxylic acids is 1. The monoisotopic (exact) mass is 345 g/mol. The number of carbonyl (C=O) groups is 1. The molecule has 0 aliphatic rings. The number of oxazole rings is 1. The van der Waals surface area contributed by atoms with E-state index in [4.69, 9.17) is 4.42 Å². The Bertz CT molecular complexity index is 1010. The molecule has 3 rings (SSSR count). The maximum absolute atomic E-state index is 12.8. The molecule has 9 heteroatoms. The van der Waals surface area contributed by atoms with Crippen molar-refractivity contribution in [2.75, 3.05) is 0 Å². The first-order chi connectivity index (χ1) is 11.9. The zero-order valence-corrected chi connectivity index (χ0v) is 12.8. The Morgan fingerprint density at radius 1 is 1.24 bits per heavy atom. The number of fused-ring (bicyclic) bond motifs is 1. The summed E-state index contributed by atoms with van der Waals surface area (Å²) < 4.78 is 18.8. The van der Waals surface area contributed by atoms with Crippen LogP contribution in [0.25, 0.3) is 11.1 Å². The van der Waals surface area contributed by atoms with Crippen molar-refractivity contribution in [3.05, 3.63) is 74.5 Å². The van der Waals surface area contributed by atoms with Crippen molar-refractivity contribution in [1.82, 2.24) is 9.88 Å². The highest BCUT2D eigenvalue weighted by Crippen LogP contribution is 2.19. The highest BCUT2D eigenvalue weighted by atomic mass is 19.1. The first-order valence-corrected chi connectivity index (χ1v) is 7.23. The number of nitro benzene ring substituents is 1. The Kier molecular flexibility index (Phi) is 4.29. The van der Waals surface area contributed by atoms with E-state index in [2.05, 4.69) is 5.32 Å². The summed E-state index contributed by atoms with van der Waals surface area (Å²) in [6.07, 6.45) is 0. The van der Waals surface area contributed by atoms with E-state index in [9.17, 15) is 24.1 Å². The fourth-order valence-electron chi connectivity index (χ4n) is 2.32. The van der Waals surface area contributed by atoms with Gasteiger partial charge in [0.1, 0.15) is 12.4 Å². The fourth-order valence-corrected chi connectivity index (χ4v) is 2.32. The van der Waals surface area contributed by atoms with Crippen molar-refractivity contribution in [2.45, 2.75) is 13.1 Å². The number of aromatic nitrogens is 1. The van der Waals surface area contributed by atoms with Gasteiger partial charge >= 0.3 is 5.76 Å². The molecule has 25 heavy (non-hydrogen) atoms. The highest BCUT2D eigenvalue weighted by Gasteiger charge is 2.16. The van der Waals surface area contributed by atoms with E-state index in [-0.39, 0.29) is 35.7 Å². The molecule has 0 spiro atoms. The van der Waals surface area contributed by atoms with Crippen molar-refractivity contribution < 1.29 is 18.5 Å². The average Bonchev–Trinajstić information content (AvgIpc) is 2.89. The van der Waals surface area contributed by atoms with Crippen molar-refractivity contribution in [3.8, 4) is 0 Å². The average molecular weight is 345 g/mol. The standard InChI is InChI=1S/C16H12FN3O5/c17-11-3-1-10(2-4-11)8-18-15(21)9-19-13-7-12(20(23)24)5-6-14(13)25-16(19)22/h1-7H,8-9H2,(H,18,21). The van der Waals surface area contributed by atoms with E-state index in [0.717, 1.165) is 4.57 Å². The number of hydrogen-bond donors (Lipinski definition) is 1. The predicted molar refractivity (Wildman–Crippen MR) is 85.4 cm³/mol. The lowest BCUT2D eigenvalue weighted by Gasteiger charge is -2.06. The molecule has 0 atom stereocenters. The summed E-state index contributed by atoms with van der Waals surface area (Å²) in [6, 6.07) is 9.29. The van der Waals surface area contributed by atoms with Crippen LogP contribution in [-0.4, -0.2) is 15.4 Å². The van der Waals surface area contributed by atoms with Crippen LogP contribution >= 0.6 is 0 Å². The minimum Gasteiger partial charge on any atom is -0.408 e. The molecule has 1 amide bonds. The van der Waals surface area contributed by atoms with E-state index in [1.165, 1.54) is 42.5 Å². The van der Waals surface area contributed by atoms with Gasteiger partial charge in [-0.05, 0) is 23.8 Å². The molecule has 1 aromatic heterocycles. The second kappa shape index (κ2) is 6.56. The normalized spacial score (nSPS) is 10.8. The van der Waals surface area contributed by atoms with E-state index in [1.807, 2.05) is 0 Å². The van der Waals surface area contributed by atoms with Gasteiger partial charge < -0.3 is 9.73 Å². The van der Waals surface area contributed by atoms with Crippen LogP contribution in [0.5, 0.6) is 0 Å². The predicted octanol–water partition coefficient (Wildman–Crippen LogP) is 1.96. The summed E-state index contributed by atoms with van der Waals surface area (Å²) >= 11 is 0. The number of nitrogens with zero attached hydrogens (tertiary/aromatic N) is 2. The van der Waals surface area contributed by atoms with Crippen molar-refractivity contribution in [2.24, 2.45) is 0 Å². The van der Waals surface area contributed by atoms with Gasteiger partial charge in [0, 0.05) is 18.7 Å². The first-order valence-electron chi connectivity index (χ1n) is 7.23. The molecule has 3 aromatic rings. The second-order valence-corrected chi connectivity index (χ2v) is 5.27. The van der Waals surface area contributed by atoms with Gasteiger partial charge in [-0.3, -0.25) is 19.5 Å². The van der Waals surface area contributed by atoms with Crippen molar-refractivity contribution >= 4 is 22.7 Å². The Hall–Kier alpha value is -3.49.